The van der Waals surface area contributed by atoms with Crippen molar-refractivity contribution in [3.8, 4) is 0 Å². The first-order valence-electron chi connectivity index (χ1n) is 12.6. The summed E-state index contributed by atoms with van der Waals surface area (Å²) in [6.45, 7) is 7.76. The van der Waals surface area contributed by atoms with Gasteiger partial charge in [-0.05, 0) is 32.8 Å². The van der Waals surface area contributed by atoms with Crippen LogP contribution < -0.4 is 0 Å². The minimum atomic E-state index is -2.24. The first-order valence-corrected chi connectivity index (χ1v) is 13.1. The van der Waals surface area contributed by atoms with Gasteiger partial charge in [0.05, 0.1) is 23.0 Å². The number of alkyl halides is 1. The van der Waals surface area contributed by atoms with Gasteiger partial charge in [-0.3, -0.25) is 19.2 Å². The molecule has 10 atom stereocenters. The maximum atomic E-state index is 12.8. The zero-order chi connectivity index (χ0) is 28.8. The number of carbonyl (C=O) groups excluding carboxylic acids is 4. The van der Waals surface area contributed by atoms with Crippen molar-refractivity contribution in [2.75, 3.05) is 5.88 Å². The van der Waals surface area contributed by atoms with Gasteiger partial charge in [0.2, 0.25) is 0 Å². The molecule has 0 radical (unpaired) electrons. The smallest absolute Gasteiger partial charge is 0.312 e. The zero-order valence-corrected chi connectivity index (χ0v) is 23.2. The third kappa shape index (κ3) is 5.05. The second-order valence-corrected chi connectivity index (χ2v) is 11.3. The second-order valence-electron chi connectivity index (χ2n) is 11.0. The molecule has 2 fully saturated rings. The summed E-state index contributed by atoms with van der Waals surface area (Å²) in [4.78, 5) is 49.8. The molecule has 214 valence electrons. The van der Waals surface area contributed by atoms with Crippen LogP contribution in [0.4, 0.5) is 0 Å². The lowest BCUT2D eigenvalue weighted by Crippen LogP contribution is -2.74. The average Bonchev–Trinajstić information content (AvgIpc) is 3.01. The highest BCUT2D eigenvalue weighted by Gasteiger charge is 2.72. The van der Waals surface area contributed by atoms with E-state index in [0.717, 1.165) is 6.92 Å². The Balaban J connectivity index is 2.43. The van der Waals surface area contributed by atoms with Gasteiger partial charge in [0.1, 0.15) is 18.3 Å². The average molecular weight is 561 g/mol. The maximum absolute atomic E-state index is 12.8. The molecule has 3 rings (SSSR count). The summed E-state index contributed by atoms with van der Waals surface area (Å²) in [6.07, 6.45) is -5.14. The molecule has 0 aromatic rings. The third-order valence-corrected chi connectivity index (χ3v) is 8.84. The molecular formula is C26H37ClO11. The molecule has 0 unspecified atom stereocenters. The van der Waals surface area contributed by atoms with Crippen molar-refractivity contribution in [1.82, 2.24) is 0 Å². The monoisotopic (exact) mass is 560 g/mol. The minimum absolute atomic E-state index is 0.00647. The van der Waals surface area contributed by atoms with Crippen LogP contribution in [0.15, 0.2) is 11.6 Å². The van der Waals surface area contributed by atoms with Crippen LogP contribution in [0.1, 0.15) is 60.8 Å². The SMILES string of the molecule is CC(=O)O[C@H]1CC/C(CCl)=C\[C@@H]2OC(=O)[C@H](C)[C@]2(O)[C@@H](OC(C)=O)[C@H]2[C@](C)(O)[C@H](O)C[C@H](OC(C)=O)[C@]12C. The van der Waals surface area contributed by atoms with Crippen LogP contribution >= 0.6 is 11.6 Å². The van der Waals surface area contributed by atoms with Gasteiger partial charge in [-0.15, -0.1) is 11.6 Å². The van der Waals surface area contributed by atoms with Gasteiger partial charge in [0.25, 0.3) is 0 Å². The molecule has 1 aliphatic heterocycles. The topological polar surface area (TPSA) is 166 Å². The van der Waals surface area contributed by atoms with E-state index in [4.69, 9.17) is 30.5 Å². The van der Waals surface area contributed by atoms with Gasteiger partial charge < -0.3 is 34.3 Å². The highest BCUT2D eigenvalue weighted by Crippen LogP contribution is 2.57. The fraction of sp³-hybridized carbons (Fsp3) is 0.769. The van der Waals surface area contributed by atoms with Gasteiger partial charge in [0, 0.05) is 39.0 Å². The zero-order valence-electron chi connectivity index (χ0n) is 22.4. The van der Waals surface area contributed by atoms with E-state index in [1.54, 1.807) is 6.92 Å². The first kappa shape index (κ1) is 30.3. The molecule has 38 heavy (non-hydrogen) atoms. The van der Waals surface area contributed by atoms with E-state index < -0.39 is 82.8 Å². The van der Waals surface area contributed by atoms with Crippen LogP contribution in [0.25, 0.3) is 0 Å². The molecule has 3 N–H and O–H groups in total. The lowest BCUT2D eigenvalue weighted by atomic mass is 9.51. The number of allylic oxidation sites excluding steroid dienone is 1. The Morgan fingerprint density at radius 2 is 1.61 bits per heavy atom. The fourth-order valence-corrected chi connectivity index (χ4v) is 6.73. The van der Waals surface area contributed by atoms with E-state index in [1.165, 1.54) is 33.8 Å². The van der Waals surface area contributed by atoms with Crippen molar-refractivity contribution < 1.29 is 53.4 Å². The second kappa shape index (κ2) is 10.7. The molecule has 11 nitrogen and oxygen atoms in total. The van der Waals surface area contributed by atoms with E-state index in [9.17, 15) is 34.5 Å². The summed E-state index contributed by atoms with van der Waals surface area (Å²) in [7, 11) is 0. The molecule has 3 aliphatic rings. The Kier molecular flexibility index (Phi) is 8.58. The highest BCUT2D eigenvalue weighted by molar-refractivity contribution is 6.19. The normalized spacial score (nSPS) is 44.4. The fourth-order valence-electron chi connectivity index (χ4n) is 6.51. The number of carbonyl (C=O) groups is 4. The Bertz CT molecular complexity index is 1010. The van der Waals surface area contributed by atoms with Gasteiger partial charge in [-0.1, -0.05) is 12.5 Å². The number of fused-ring (bicyclic) bond motifs is 2. The van der Waals surface area contributed by atoms with Crippen LogP contribution in [0.3, 0.4) is 0 Å². The number of aliphatic hydroxyl groups excluding tert-OH is 1. The van der Waals surface area contributed by atoms with Crippen LogP contribution in [0.5, 0.6) is 0 Å². The third-order valence-electron chi connectivity index (χ3n) is 8.50. The molecule has 0 amide bonds. The number of hydrogen-bond acceptors (Lipinski definition) is 11. The van der Waals surface area contributed by atoms with Crippen molar-refractivity contribution in [2.45, 2.75) is 103 Å². The van der Waals surface area contributed by atoms with Gasteiger partial charge in [-0.25, -0.2) is 0 Å². The van der Waals surface area contributed by atoms with Gasteiger partial charge in [0.15, 0.2) is 11.7 Å². The molecule has 0 aromatic carbocycles. The highest BCUT2D eigenvalue weighted by atomic mass is 35.5. The van der Waals surface area contributed by atoms with Crippen LogP contribution in [0, 0.1) is 17.3 Å². The molecule has 0 spiro atoms. The summed E-state index contributed by atoms with van der Waals surface area (Å²) < 4.78 is 22.6. The van der Waals surface area contributed by atoms with Crippen LogP contribution in [-0.2, 0) is 38.1 Å². The number of hydrogen-bond donors (Lipinski definition) is 3. The Labute approximate surface area is 226 Å². The number of esters is 4. The van der Waals surface area contributed by atoms with E-state index in [2.05, 4.69) is 0 Å². The number of aliphatic hydroxyl groups is 3. The predicted octanol–water partition coefficient (Wildman–Crippen LogP) is 1.17. The molecule has 1 heterocycles. The van der Waals surface area contributed by atoms with E-state index >= 15 is 0 Å². The van der Waals surface area contributed by atoms with Crippen molar-refractivity contribution in [1.29, 1.82) is 0 Å². The molecular weight excluding hydrogens is 524 g/mol. The Morgan fingerprint density at radius 3 is 2.13 bits per heavy atom. The minimum Gasteiger partial charge on any atom is -0.462 e. The molecule has 0 bridgehead atoms. The van der Waals surface area contributed by atoms with Gasteiger partial charge >= 0.3 is 23.9 Å². The molecule has 1 saturated carbocycles. The first-order chi connectivity index (χ1) is 17.5. The lowest BCUT2D eigenvalue weighted by molar-refractivity contribution is -0.289. The van der Waals surface area contributed by atoms with Crippen LogP contribution in [0.2, 0.25) is 0 Å². The standard InChI is InChI=1S/C26H37ClO11/c1-12-23(32)38-20-9-16(11-27)7-8-18(35-13(2)28)24(5)19(36-14(3)29)10-17(31)25(6,33)21(24)22(26(12,20)34)37-15(4)30/h9,12,17-22,31,33-34H,7-8,10-11H2,1-6H3/b16-9+/t12-,17+,18-,19-,20-,21+,22-,24-,25+,26+/m0/s1. The van der Waals surface area contributed by atoms with E-state index in [-0.39, 0.29) is 25.1 Å². The summed E-state index contributed by atoms with van der Waals surface area (Å²) in [5, 5.41) is 35.2. The largest absolute Gasteiger partial charge is 0.462 e. The maximum Gasteiger partial charge on any atom is 0.312 e. The van der Waals surface area contributed by atoms with Crippen LogP contribution in [-0.4, -0.2) is 86.8 Å². The lowest BCUT2D eigenvalue weighted by Gasteiger charge is -2.60. The predicted molar refractivity (Wildman–Crippen MR) is 132 cm³/mol. The van der Waals surface area contributed by atoms with E-state index in [1.807, 2.05) is 0 Å². The molecule has 12 heteroatoms. The summed E-state index contributed by atoms with van der Waals surface area (Å²) in [6, 6.07) is 0. The van der Waals surface area contributed by atoms with Crippen molar-refractivity contribution in [2.24, 2.45) is 17.3 Å². The summed E-state index contributed by atoms with van der Waals surface area (Å²) in [5.41, 5.74) is -5.32. The Morgan fingerprint density at radius 1 is 1.05 bits per heavy atom. The molecule has 2 aliphatic carbocycles. The molecule has 0 aromatic heterocycles. The number of ether oxygens (including phenoxy) is 4. The summed E-state index contributed by atoms with van der Waals surface area (Å²) >= 11 is 6.19. The summed E-state index contributed by atoms with van der Waals surface area (Å²) in [5.74, 6) is -5.66. The number of rotatable bonds is 4. The number of halogens is 1. The van der Waals surface area contributed by atoms with Gasteiger partial charge in [-0.2, -0.15) is 0 Å². The quantitative estimate of drug-likeness (QED) is 0.195. The van der Waals surface area contributed by atoms with E-state index in [0.29, 0.717) is 5.57 Å². The van der Waals surface area contributed by atoms with Crippen molar-refractivity contribution in [3.05, 3.63) is 11.6 Å². The molecule has 1 saturated heterocycles. The Hall–Kier alpha value is -2.21. The van der Waals surface area contributed by atoms with Crippen molar-refractivity contribution in [3.63, 3.8) is 0 Å². The van der Waals surface area contributed by atoms with Crippen molar-refractivity contribution >= 4 is 35.5 Å².